The predicted octanol–water partition coefficient (Wildman–Crippen LogP) is 0.392. The van der Waals surface area contributed by atoms with E-state index in [9.17, 15) is 9.59 Å². The van der Waals surface area contributed by atoms with Crippen molar-refractivity contribution >= 4 is 11.8 Å². The first-order chi connectivity index (χ1) is 13.1. The van der Waals surface area contributed by atoms with Crippen LogP contribution in [-0.2, 0) is 19.1 Å². The van der Waals surface area contributed by atoms with Crippen LogP contribution < -0.4 is 10.6 Å². The van der Waals surface area contributed by atoms with Gasteiger partial charge in [0.2, 0.25) is 0 Å². The molecule has 1 aliphatic heterocycles. The van der Waals surface area contributed by atoms with Gasteiger partial charge in [-0.15, -0.1) is 0 Å². The lowest BCUT2D eigenvalue weighted by Gasteiger charge is -2.60. The number of morpholine rings is 1. The fourth-order valence-electron chi connectivity index (χ4n) is 6.21. The van der Waals surface area contributed by atoms with Gasteiger partial charge < -0.3 is 20.1 Å². The summed E-state index contributed by atoms with van der Waals surface area (Å²) in [6.07, 6.45) is 6.22. The van der Waals surface area contributed by atoms with E-state index in [1.807, 2.05) is 0 Å². The lowest BCUT2D eigenvalue weighted by Crippen LogP contribution is -2.63. The standard InChI is InChI=1S/C20H33N3O4/c1-26-20(16-9-14-8-15(11-16)12-17(20)10-14)13-22-19(25)18(24)21-2-3-23-4-6-27-7-5-23/h14-17H,2-13H2,1H3,(H,21,24)(H,22,25). The van der Waals surface area contributed by atoms with Crippen molar-refractivity contribution in [3.63, 3.8) is 0 Å². The Bertz CT molecular complexity index is 533. The summed E-state index contributed by atoms with van der Waals surface area (Å²) < 4.78 is 11.4. The van der Waals surface area contributed by atoms with Gasteiger partial charge >= 0.3 is 11.8 Å². The lowest BCUT2D eigenvalue weighted by atomic mass is 9.49. The minimum Gasteiger partial charge on any atom is -0.379 e. The van der Waals surface area contributed by atoms with Crippen molar-refractivity contribution in [2.24, 2.45) is 23.7 Å². The Morgan fingerprint density at radius 2 is 1.59 bits per heavy atom. The van der Waals surface area contributed by atoms with Gasteiger partial charge in [0.1, 0.15) is 0 Å². The van der Waals surface area contributed by atoms with Crippen LogP contribution in [0.2, 0.25) is 0 Å². The second-order valence-corrected chi connectivity index (χ2v) is 8.86. The molecule has 5 rings (SSSR count). The van der Waals surface area contributed by atoms with Crippen molar-refractivity contribution in [2.75, 3.05) is 53.0 Å². The molecule has 0 atom stereocenters. The SMILES string of the molecule is COC1(CNC(=O)C(=O)NCCN2CCOCC2)C2CC3CC(C2)CC1C3. The molecule has 5 fully saturated rings. The van der Waals surface area contributed by atoms with Crippen LogP contribution in [0.4, 0.5) is 0 Å². The van der Waals surface area contributed by atoms with Crippen LogP contribution in [0.25, 0.3) is 0 Å². The summed E-state index contributed by atoms with van der Waals surface area (Å²) in [6.45, 7) is 4.91. The maximum Gasteiger partial charge on any atom is 0.309 e. The monoisotopic (exact) mass is 379 g/mol. The molecule has 4 aliphatic carbocycles. The third kappa shape index (κ3) is 3.87. The summed E-state index contributed by atoms with van der Waals surface area (Å²) >= 11 is 0. The first kappa shape index (κ1) is 19.2. The molecule has 0 spiro atoms. The number of methoxy groups -OCH3 is 1. The number of carbonyl (C=O) groups excluding carboxylic acids is 2. The number of rotatable bonds is 6. The Morgan fingerprint density at radius 3 is 2.19 bits per heavy atom. The molecule has 5 aliphatic rings. The fourth-order valence-corrected chi connectivity index (χ4v) is 6.21. The van der Waals surface area contributed by atoms with Gasteiger partial charge in [-0.3, -0.25) is 14.5 Å². The fraction of sp³-hybridized carbons (Fsp3) is 0.900. The van der Waals surface area contributed by atoms with E-state index in [0.717, 1.165) is 44.7 Å². The number of nitrogens with zero attached hydrogens (tertiary/aromatic N) is 1. The molecular weight excluding hydrogens is 346 g/mol. The van der Waals surface area contributed by atoms with Crippen LogP contribution >= 0.6 is 0 Å². The molecule has 0 unspecified atom stereocenters. The van der Waals surface area contributed by atoms with Crippen molar-refractivity contribution < 1.29 is 19.1 Å². The Morgan fingerprint density at radius 1 is 1.00 bits per heavy atom. The predicted molar refractivity (Wildman–Crippen MR) is 100 cm³/mol. The number of amides is 2. The van der Waals surface area contributed by atoms with Gasteiger partial charge in [-0.05, 0) is 55.8 Å². The maximum atomic E-state index is 12.3. The van der Waals surface area contributed by atoms with Crippen molar-refractivity contribution in [3.8, 4) is 0 Å². The summed E-state index contributed by atoms with van der Waals surface area (Å²) in [7, 11) is 1.77. The second kappa shape index (κ2) is 8.05. The molecule has 1 saturated heterocycles. The molecule has 0 aromatic carbocycles. The molecule has 0 aromatic heterocycles. The van der Waals surface area contributed by atoms with Crippen molar-refractivity contribution in [1.82, 2.24) is 15.5 Å². The largest absolute Gasteiger partial charge is 0.379 e. The van der Waals surface area contributed by atoms with Gasteiger partial charge in [0.15, 0.2) is 0 Å². The van der Waals surface area contributed by atoms with Crippen LogP contribution in [0.15, 0.2) is 0 Å². The van der Waals surface area contributed by atoms with E-state index < -0.39 is 11.8 Å². The summed E-state index contributed by atoms with van der Waals surface area (Å²) in [5, 5.41) is 5.62. The van der Waals surface area contributed by atoms with Gasteiger partial charge in [0, 0.05) is 39.8 Å². The average Bonchev–Trinajstić information content (AvgIpc) is 2.68. The Kier molecular flexibility index (Phi) is 5.71. The van der Waals surface area contributed by atoms with E-state index in [2.05, 4.69) is 15.5 Å². The molecule has 152 valence electrons. The van der Waals surface area contributed by atoms with Crippen molar-refractivity contribution in [3.05, 3.63) is 0 Å². The minimum atomic E-state index is -0.543. The van der Waals surface area contributed by atoms with E-state index in [1.54, 1.807) is 7.11 Å². The molecule has 2 N–H and O–H groups in total. The van der Waals surface area contributed by atoms with Crippen LogP contribution in [0, 0.1) is 23.7 Å². The van der Waals surface area contributed by atoms with Gasteiger partial charge in [-0.2, -0.15) is 0 Å². The van der Waals surface area contributed by atoms with Crippen LogP contribution in [-0.4, -0.2) is 75.4 Å². The van der Waals surface area contributed by atoms with Crippen molar-refractivity contribution in [2.45, 2.75) is 37.7 Å². The number of carbonyl (C=O) groups is 2. The third-order valence-electron chi connectivity index (χ3n) is 7.45. The molecule has 27 heavy (non-hydrogen) atoms. The van der Waals surface area contributed by atoms with E-state index in [0.29, 0.717) is 24.9 Å². The molecule has 0 radical (unpaired) electrons. The molecule has 7 nitrogen and oxygen atoms in total. The summed E-state index contributed by atoms with van der Waals surface area (Å²) in [5.74, 6) is 1.64. The van der Waals surface area contributed by atoms with Crippen LogP contribution in [0.1, 0.15) is 32.1 Å². The minimum absolute atomic E-state index is 0.281. The van der Waals surface area contributed by atoms with Gasteiger partial charge in [0.05, 0.1) is 18.8 Å². The summed E-state index contributed by atoms with van der Waals surface area (Å²) in [5.41, 5.74) is -0.281. The molecular formula is C20H33N3O4. The number of ether oxygens (including phenoxy) is 2. The highest BCUT2D eigenvalue weighted by molar-refractivity contribution is 6.35. The zero-order valence-corrected chi connectivity index (χ0v) is 16.4. The molecule has 4 bridgehead atoms. The van der Waals surface area contributed by atoms with Gasteiger partial charge in [-0.25, -0.2) is 0 Å². The molecule has 1 heterocycles. The topological polar surface area (TPSA) is 79.9 Å². The summed E-state index contributed by atoms with van der Waals surface area (Å²) in [4.78, 5) is 26.7. The van der Waals surface area contributed by atoms with E-state index in [1.165, 1.54) is 32.1 Å². The average molecular weight is 380 g/mol. The lowest BCUT2D eigenvalue weighted by molar-refractivity contribution is -0.188. The number of nitrogens with one attached hydrogen (secondary N) is 2. The highest BCUT2D eigenvalue weighted by Crippen LogP contribution is 2.59. The van der Waals surface area contributed by atoms with Crippen LogP contribution in [0.3, 0.4) is 0 Å². The van der Waals surface area contributed by atoms with Crippen molar-refractivity contribution in [1.29, 1.82) is 0 Å². The first-order valence-electron chi connectivity index (χ1n) is 10.5. The zero-order chi connectivity index (χ0) is 18.9. The quantitative estimate of drug-likeness (QED) is 0.653. The van der Waals surface area contributed by atoms with E-state index >= 15 is 0 Å². The maximum absolute atomic E-state index is 12.3. The summed E-state index contributed by atoms with van der Waals surface area (Å²) in [6, 6.07) is 0. The molecule has 4 saturated carbocycles. The zero-order valence-electron chi connectivity index (χ0n) is 16.4. The Labute approximate surface area is 161 Å². The van der Waals surface area contributed by atoms with E-state index in [4.69, 9.17) is 9.47 Å². The third-order valence-corrected chi connectivity index (χ3v) is 7.45. The van der Waals surface area contributed by atoms with E-state index in [-0.39, 0.29) is 5.60 Å². The van der Waals surface area contributed by atoms with Gasteiger partial charge in [-0.1, -0.05) is 0 Å². The highest BCUT2D eigenvalue weighted by atomic mass is 16.5. The smallest absolute Gasteiger partial charge is 0.309 e. The molecule has 2 amide bonds. The number of hydrogen-bond acceptors (Lipinski definition) is 5. The van der Waals surface area contributed by atoms with Gasteiger partial charge in [0.25, 0.3) is 0 Å². The van der Waals surface area contributed by atoms with Crippen LogP contribution in [0.5, 0.6) is 0 Å². The second-order valence-electron chi connectivity index (χ2n) is 8.86. The highest BCUT2D eigenvalue weighted by Gasteiger charge is 2.57. The Hall–Kier alpha value is -1.18. The molecule has 7 heteroatoms. The Balaban J connectivity index is 1.24. The molecule has 0 aromatic rings. The normalized spacial score (nSPS) is 38.0. The first-order valence-corrected chi connectivity index (χ1v) is 10.5. The number of hydrogen-bond donors (Lipinski definition) is 2.